The lowest BCUT2D eigenvalue weighted by molar-refractivity contribution is -0.150. The summed E-state index contributed by atoms with van der Waals surface area (Å²) in [6.45, 7) is 1.36. The third-order valence-corrected chi connectivity index (χ3v) is 8.22. The van der Waals surface area contributed by atoms with Crippen molar-refractivity contribution in [2.24, 2.45) is 0 Å². The van der Waals surface area contributed by atoms with Gasteiger partial charge in [-0.3, -0.25) is 14.5 Å². The van der Waals surface area contributed by atoms with E-state index >= 15 is 0 Å². The van der Waals surface area contributed by atoms with E-state index in [4.69, 9.17) is 5.73 Å². The minimum Gasteiger partial charge on any atom is -0.477 e. The molecule has 0 aromatic carbocycles. The minimum atomic E-state index is -1.18. The number of rotatable bonds is 10. The van der Waals surface area contributed by atoms with E-state index in [0.717, 1.165) is 6.54 Å². The lowest BCUT2D eigenvalue weighted by Gasteiger charge is -2.49. The highest BCUT2D eigenvalue weighted by Gasteiger charge is 2.54. The number of anilines is 1. The van der Waals surface area contributed by atoms with Crippen LogP contribution in [0.15, 0.2) is 21.8 Å². The van der Waals surface area contributed by atoms with Gasteiger partial charge in [0.05, 0.1) is 18.7 Å². The number of aliphatic carboxylic acids is 1. The molecule has 4 heterocycles. The molecule has 2 aromatic rings. The van der Waals surface area contributed by atoms with Crippen molar-refractivity contribution in [1.82, 2.24) is 40.3 Å². The first-order chi connectivity index (χ1) is 16.2. The lowest BCUT2D eigenvalue weighted by Crippen LogP contribution is -2.70. The van der Waals surface area contributed by atoms with Gasteiger partial charge in [-0.25, -0.2) is 14.5 Å². The fourth-order valence-corrected chi connectivity index (χ4v) is 6.42. The van der Waals surface area contributed by atoms with Crippen molar-refractivity contribution in [3.05, 3.63) is 22.3 Å². The molecule has 1 saturated heterocycles. The van der Waals surface area contributed by atoms with E-state index in [9.17, 15) is 19.5 Å². The smallest absolute Gasteiger partial charge is 0.352 e. The molecule has 2 aliphatic heterocycles. The van der Waals surface area contributed by atoms with Gasteiger partial charge in [0.25, 0.3) is 5.91 Å². The third-order valence-electron chi connectivity index (χ3n) is 5.11. The fraction of sp³-hybridized carbons (Fsp3) is 0.500. The molecule has 4 rings (SSSR count). The summed E-state index contributed by atoms with van der Waals surface area (Å²) in [4.78, 5) is 44.5. The molecule has 13 nitrogen and oxygen atoms in total. The number of hydrogen-bond acceptors (Lipinski definition) is 12. The van der Waals surface area contributed by atoms with Crippen LogP contribution >= 0.6 is 59.7 Å². The summed E-state index contributed by atoms with van der Waals surface area (Å²) in [6, 6.07) is -0.782. The van der Waals surface area contributed by atoms with E-state index in [1.165, 1.54) is 39.8 Å². The highest BCUT2D eigenvalue weighted by molar-refractivity contribution is 8.01. The van der Waals surface area contributed by atoms with Crippen LogP contribution in [0.3, 0.4) is 0 Å². The number of nitrogens with zero attached hydrogens (tertiary/aromatic N) is 7. The normalized spacial score (nSPS) is 18.8. The quantitative estimate of drug-likeness (QED) is 0.251. The van der Waals surface area contributed by atoms with Gasteiger partial charge in [0.1, 0.15) is 17.1 Å². The second kappa shape index (κ2) is 12.9. The van der Waals surface area contributed by atoms with Crippen LogP contribution in [0.2, 0.25) is 0 Å². The molecule has 0 aliphatic carbocycles. The maximum Gasteiger partial charge on any atom is 0.352 e. The van der Waals surface area contributed by atoms with Crippen LogP contribution < -0.4 is 11.1 Å². The number of carbonyl (C=O) groups is 3. The molecular weight excluding hydrogens is 573 g/mol. The first-order valence-electron chi connectivity index (χ1n) is 10.2. The zero-order valence-corrected chi connectivity index (χ0v) is 23.3. The number of amides is 2. The predicted molar refractivity (Wildman–Crippen MR) is 142 cm³/mol. The Balaban J connectivity index is 0.00000228. The Hall–Kier alpha value is -2.11. The zero-order chi connectivity index (χ0) is 24.4. The molecular formula is C18H25Cl2N9O4S3. The standard InChI is InChI=1S/C18H23N9O4S3.2ClH/c1-25(2)3-4-26-18(22-23-24-26)34-7-9-6-32-15-12(14(29)27(15)13(9)16(30)31)21-11(28)5-10-8-33-17(19)20-10;;/h8,12,15H,3-7H2,1-2H3,(H2,19,20)(H,21,28)(H,30,31);2*1H/t12-,15+;;/m0../s1. The number of carboxylic acids is 1. The largest absolute Gasteiger partial charge is 0.477 e. The number of thioether (sulfide) groups is 2. The van der Waals surface area contributed by atoms with E-state index in [0.29, 0.717) is 39.6 Å². The topological polar surface area (TPSA) is 172 Å². The molecule has 36 heavy (non-hydrogen) atoms. The summed E-state index contributed by atoms with van der Waals surface area (Å²) < 4.78 is 1.67. The number of nitrogens with two attached hydrogens (primary N) is 1. The van der Waals surface area contributed by atoms with E-state index < -0.39 is 23.3 Å². The van der Waals surface area contributed by atoms with Gasteiger partial charge in [-0.15, -0.1) is 53.0 Å². The van der Waals surface area contributed by atoms with Gasteiger partial charge in [0.15, 0.2) is 5.13 Å². The monoisotopic (exact) mass is 597 g/mol. The summed E-state index contributed by atoms with van der Waals surface area (Å²) >= 11 is 3.98. The molecule has 0 saturated carbocycles. The van der Waals surface area contributed by atoms with Crippen molar-refractivity contribution in [3.63, 3.8) is 0 Å². The van der Waals surface area contributed by atoms with Gasteiger partial charge < -0.3 is 21.1 Å². The van der Waals surface area contributed by atoms with Crippen molar-refractivity contribution in [1.29, 1.82) is 0 Å². The summed E-state index contributed by atoms with van der Waals surface area (Å²) in [5.74, 6) is -1.24. The van der Waals surface area contributed by atoms with Gasteiger partial charge in [-0.1, -0.05) is 11.8 Å². The second-order valence-electron chi connectivity index (χ2n) is 7.84. The molecule has 4 N–H and O–H groups in total. The van der Waals surface area contributed by atoms with Gasteiger partial charge in [0, 0.05) is 23.4 Å². The average Bonchev–Trinajstić information content (AvgIpc) is 3.41. The molecule has 18 heteroatoms. The Morgan fingerprint density at radius 3 is 2.75 bits per heavy atom. The number of nitrogens with one attached hydrogen (secondary N) is 1. The van der Waals surface area contributed by atoms with Crippen molar-refractivity contribution >= 4 is 82.6 Å². The number of likely N-dealkylation sites (N-methyl/N-ethyl adjacent to an activating group) is 1. The molecule has 2 aromatic heterocycles. The maximum absolute atomic E-state index is 12.8. The molecule has 1 fully saturated rings. The van der Waals surface area contributed by atoms with Gasteiger partial charge in [-0.05, 0) is 30.1 Å². The number of nitrogen functional groups attached to an aromatic ring is 1. The first-order valence-corrected chi connectivity index (χ1v) is 13.1. The molecule has 0 spiro atoms. The van der Waals surface area contributed by atoms with Gasteiger partial charge >= 0.3 is 5.97 Å². The van der Waals surface area contributed by atoms with Crippen LogP contribution in [0.1, 0.15) is 5.69 Å². The minimum absolute atomic E-state index is 0. The molecule has 0 unspecified atom stereocenters. The summed E-state index contributed by atoms with van der Waals surface area (Å²) in [5.41, 5.74) is 6.68. The zero-order valence-electron chi connectivity index (χ0n) is 19.2. The summed E-state index contributed by atoms with van der Waals surface area (Å²) in [7, 11) is 3.90. The Labute approximate surface area is 231 Å². The van der Waals surface area contributed by atoms with Crippen LogP contribution in [0.5, 0.6) is 0 Å². The number of aromatic nitrogens is 5. The number of tetrazole rings is 1. The van der Waals surface area contributed by atoms with Crippen molar-refractivity contribution in [2.45, 2.75) is 29.5 Å². The molecule has 198 valence electrons. The van der Waals surface area contributed by atoms with E-state index in [2.05, 4.69) is 25.8 Å². The molecule has 0 bridgehead atoms. The van der Waals surface area contributed by atoms with Crippen LogP contribution in [0.25, 0.3) is 0 Å². The summed E-state index contributed by atoms with van der Waals surface area (Å²) in [5, 5.41) is 26.4. The number of hydrogen-bond donors (Lipinski definition) is 3. The van der Waals surface area contributed by atoms with E-state index in [1.807, 2.05) is 19.0 Å². The second-order valence-corrected chi connectivity index (χ2v) is 10.8. The highest BCUT2D eigenvalue weighted by Crippen LogP contribution is 2.41. The number of fused-ring (bicyclic) bond motifs is 1. The Bertz CT molecular complexity index is 1140. The Kier molecular flexibility index (Phi) is 10.8. The third kappa shape index (κ3) is 6.60. The van der Waals surface area contributed by atoms with Crippen molar-refractivity contribution in [2.75, 3.05) is 37.9 Å². The molecule has 0 radical (unpaired) electrons. The van der Waals surface area contributed by atoms with Gasteiger partial charge in [0.2, 0.25) is 11.1 Å². The fourth-order valence-electron chi connectivity index (χ4n) is 3.47. The SMILES string of the molecule is CN(C)CCn1nnnc1SCC1=C(C(=O)O)N2C(=O)[C@H](NC(=O)Cc3csc(N)n3)[C@H]2SC1.Cl.Cl. The first kappa shape index (κ1) is 30.1. The number of carbonyl (C=O) groups excluding carboxylic acids is 2. The predicted octanol–water partition coefficient (Wildman–Crippen LogP) is 0.190. The number of halogens is 2. The van der Waals surface area contributed by atoms with Crippen LogP contribution in [0.4, 0.5) is 5.13 Å². The molecule has 2 atom stereocenters. The highest BCUT2D eigenvalue weighted by atomic mass is 35.5. The number of thiazole rings is 1. The molecule has 2 aliphatic rings. The van der Waals surface area contributed by atoms with Crippen LogP contribution in [0, 0.1) is 0 Å². The van der Waals surface area contributed by atoms with E-state index in [1.54, 1.807) is 10.1 Å². The van der Waals surface area contributed by atoms with E-state index in [-0.39, 0.29) is 42.8 Å². The average molecular weight is 599 g/mol. The summed E-state index contributed by atoms with van der Waals surface area (Å²) in [6.07, 6.45) is 0.000917. The van der Waals surface area contributed by atoms with Crippen LogP contribution in [-0.2, 0) is 27.3 Å². The maximum atomic E-state index is 12.8. The van der Waals surface area contributed by atoms with Crippen molar-refractivity contribution in [3.8, 4) is 0 Å². The lowest BCUT2D eigenvalue weighted by atomic mass is 10.0. The van der Waals surface area contributed by atoms with Crippen LogP contribution in [-0.4, -0.2) is 101 Å². The number of carboxylic acid groups (broad SMARTS) is 1. The van der Waals surface area contributed by atoms with Crippen molar-refractivity contribution < 1.29 is 19.5 Å². The Morgan fingerprint density at radius 2 is 2.11 bits per heavy atom. The Morgan fingerprint density at radius 1 is 1.36 bits per heavy atom. The number of β-lactam (4-membered cyclic amide) rings is 1. The molecule has 2 amide bonds. The van der Waals surface area contributed by atoms with Gasteiger partial charge in [-0.2, -0.15) is 0 Å².